The van der Waals surface area contributed by atoms with E-state index in [1.807, 2.05) is 20.8 Å². The molecule has 5 aliphatic rings. The van der Waals surface area contributed by atoms with Gasteiger partial charge in [-0.1, -0.05) is 0 Å². The molecule has 0 aromatic rings. The van der Waals surface area contributed by atoms with E-state index in [1.54, 1.807) is 4.90 Å². The molecule has 6 nitrogen and oxygen atoms in total. The largest absolute Gasteiger partial charge is 0.454 e. The highest BCUT2D eigenvalue weighted by Crippen LogP contribution is 2.60. The molecule has 28 heavy (non-hydrogen) atoms. The Morgan fingerprint density at radius 3 is 2.14 bits per heavy atom. The van der Waals surface area contributed by atoms with Crippen LogP contribution in [0.2, 0.25) is 0 Å². The molecule has 4 saturated carbocycles. The second-order valence-corrected chi connectivity index (χ2v) is 10.8. The Morgan fingerprint density at radius 2 is 1.61 bits per heavy atom. The van der Waals surface area contributed by atoms with Crippen molar-refractivity contribution in [2.75, 3.05) is 13.2 Å². The van der Waals surface area contributed by atoms with Crippen molar-refractivity contribution in [2.24, 2.45) is 23.2 Å². The van der Waals surface area contributed by atoms with Gasteiger partial charge in [0.25, 0.3) is 5.91 Å². The van der Waals surface area contributed by atoms with E-state index in [4.69, 9.17) is 4.74 Å². The molecule has 2 amide bonds. The number of ether oxygens (including phenoxy) is 1. The Hall–Kier alpha value is -1.59. The highest BCUT2D eigenvalue weighted by Gasteiger charge is 2.57. The summed E-state index contributed by atoms with van der Waals surface area (Å²) < 4.78 is 5.29. The SMILES string of the molecule is CC(C)(C)NC(=O)COC(=O)[C@@H]1CCCN1C(=O)C12CC3CC(CC(C3)C1)C2. The molecular weight excluding hydrogens is 356 g/mol. The number of carbonyl (C=O) groups excluding carboxylic acids is 3. The molecular formula is C22H34N2O4. The monoisotopic (exact) mass is 390 g/mol. The molecule has 4 aliphatic carbocycles. The van der Waals surface area contributed by atoms with E-state index >= 15 is 0 Å². The summed E-state index contributed by atoms with van der Waals surface area (Å²) in [4.78, 5) is 40.0. The molecule has 6 heteroatoms. The minimum atomic E-state index is -0.525. The van der Waals surface area contributed by atoms with Crippen LogP contribution in [0, 0.1) is 23.2 Å². The van der Waals surface area contributed by atoms with Gasteiger partial charge in [0, 0.05) is 12.1 Å². The number of nitrogens with one attached hydrogen (secondary N) is 1. The number of hydrogen-bond acceptors (Lipinski definition) is 4. The smallest absolute Gasteiger partial charge is 0.329 e. The molecule has 1 N–H and O–H groups in total. The van der Waals surface area contributed by atoms with Crippen LogP contribution in [0.1, 0.15) is 72.1 Å². The third-order valence-electron chi connectivity index (χ3n) is 7.14. The van der Waals surface area contributed by atoms with E-state index in [1.165, 1.54) is 19.3 Å². The van der Waals surface area contributed by atoms with Crippen molar-refractivity contribution in [3.63, 3.8) is 0 Å². The van der Waals surface area contributed by atoms with E-state index in [0.29, 0.717) is 30.7 Å². The summed E-state index contributed by atoms with van der Waals surface area (Å²) in [5.74, 6) is 1.54. The topological polar surface area (TPSA) is 75.7 Å². The van der Waals surface area contributed by atoms with Crippen molar-refractivity contribution in [3.8, 4) is 0 Å². The molecule has 0 spiro atoms. The second kappa shape index (κ2) is 7.03. The molecule has 0 aromatic heterocycles. The van der Waals surface area contributed by atoms with Gasteiger partial charge in [-0.3, -0.25) is 9.59 Å². The van der Waals surface area contributed by atoms with E-state index in [9.17, 15) is 14.4 Å². The summed E-state index contributed by atoms with van der Waals surface area (Å²) in [5, 5.41) is 2.79. The van der Waals surface area contributed by atoms with Gasteiger partial charge in [-0.15, -0.1) is 0 Å². The molecule has 1 aliphatic heterocycles. The molecule has 1 atom stereocenters. The number of esters is 1. The second-order valence-electron chi connectivity index (χ2n) is 10.8. The summed E-state index contributed by atoms with van der Waals surface area (Å²) in [7, 11) is 0. The lowest BCUT2D eigenvalue weighted by molar-refractivity contribution is -0.166. The predicted molar refractivity (Wildman–Crippen MR) is 104 cm³/mol. The van der Waals surface area contributed by atoms with Gasteiger partial charge in [0.2, 0.25) is 5.91 Å². The van der Waals surface area contributed by atoms with E-state index in [2.05, 4.69) is 5.32 Å². The van der Waals surface area contributed by atoms with Gasteiger partial charge in [0.05, 0.1) is 5.41 Å². The Balaban J connectivity index is 1.39. The maximum atomic E-state index is 13.6. The van der Waals surface area contributed by atoms with Crippen LogP contribution in [-0.2, 0) is 19.1 Å². The molecule has 5 fully saturated rings. The van der Waals surface area contributed by atoms with Crippen molar-refractivity contribution < 1.29 is 19.1 Å². The van der Waals surface area contributed by atoms with Crippen molar-refractivity contribution in [3.05, 3.63) is 0 Å². The molecule has 0 aromatic carbocycles. The molecule has 156 valence electrons. The molecule has 5 rings (SSSR count). The third kappa shape index (κ3) is 3.79. The van der Waals surface area contributed by atoms with Crippen LogP contribution in [0.15, 0.2) is 0 Å². The summed E-state index contributed by atoms with van der Waals surface area (Å²) >= 11 is 0. The van der Waals surface area contributed by atoms with Gasteiger partial charge in [-0.2, -0.15) is 0 Å². The fraction of sp³-hybridized carbons (Fsp3) is 0.864. The van der Waals surface area contributed by atoms with Crippen molar-refractivity contribution in [1.82, 2.24) is 10.2 Å². The number of rotatable bonds is 4. The Bertz CT molecular complexity index is 631. The van der Waals surface area contributed by atoms with E-state index < -0.39 is 12.0 Å². The summed E-state index contributed by atoms with van der Waals surface area (Å²) in [6.45, 7) is 6.00. The van der Waals surface area contributed by atoms with Crippen molar-refractivity contribution in [1.29, 1.82) is 0 Å². The molecule has 0 unspecified atom stereocenters. The first kappa shape index (κ1) is 19.7. The van der Waals surface area contributed by atoms with Gasteiger partial charge < -0.3 is 15.0 Å². The normalized spacial score (nSPS) is 36.5. The summed E-state index contributed by atoms with van der Waals surface area (Å²) in [5.41, 5.74) is -0.599. The van der Waals surface area contributed by atoms with Crippen LogP contribution in [0.4, 0.5) is 0 Å². The lowest BCUT2D eigenvalue weighted by Crippen LogP contribution is -2.56. The zero-order valence-electron chi connectivity index (χ0n) is 17.5. The van der Waals surface area contributed by atoms with E-state index in [-0.39, 0.29) is 29.4 Å². The van der Waals surface area contributed by atoms with Crippen molar-refractivity contribution in [2.45, 2.75) is 83.7 Å². The first-order valence-electron chi connectivity index (χ1n) is 10.9. The van der Waals surface area contributed by atoms with Crippen LogP contribution in [0.25, 0.3) is 0 Å². The number of likely N-dealkylation sites (tertiary alicyclic amines) is 1. The average molecular weight is 391 g/mol. The average Bonchev–Trinajstić information content (AvgIpc) is 3.06. The molecule has 0 radical (unpaired) electrons. The van der Waals surface area contributed by atoms with Gasteiger partial charge in [0.15, 0.2) is 6.61 Å². The maximum absolute atomic E-state index is 13.6. The van der Waals surface area contributed by atoms with Crippen LogP contribution < -0.4 is 5.32 Å². The lowest BCUT2D eigenvalue weighted by atomic mass is 9.49. The number of hydrogen-bond donors (Lipinski definition) is 1. The first-order chi connectivity index (χ1) is 13.2. The van der Waals surface area contributed by atoms with Gasteiger partial charge in [-0.05, 0) is 89.9 Å². The minimum Gasteiger partial charge on any atom is -0.454 e. The quantitative estimate of drug-likeness (QED) is 0.749. The number of nitrogens with zero attached hydrogens (tertiary/aromatic N) is 1. The van der Waals surface area contributed by atoms with Crippen LogP contribution in [0.5, 0.6) is 0 Å². The Labute approximate surface area is 167 Å². The number of amides is 2. The molecule has 1 heterocycles. The molecule has 1 saturated heterocycles. The standard InChI is InChI=1S/C22H34N2O4/c1-21(2,3)23-18(25)13-28-19(26)17-5-4-6-24(17)20(27)22-10-14-7-15(11-22)9-16(8-14)12-22/h14-17H,4-13H2,1-3H3,(H,23,25)/t14?,15?,16?,17-,22?/m0/s1. The van der Waals surface area contributed by atoms with E-state index in [0.717, 1.165) is 25.7 Å². The lowest BCUT2D eigenvalue weighted by Gasteiger charge is -2.56. The van der Waals surface area contributed by atoms with Gasteiger partial charge >= 0.3 is 5.97 Å². The van der Waals surface area contributed by atoms with Gasteiger partial charge in [-0.25, -0.2) is 4.79 Å². The van der Waals surface area contributed by atoms with Gasteiger partial charge in [0.1, 0.15) is 6.04 Å². The zero-order chi connectivity index (χ0) is 20.1. The minimum absolute atomic E-state index is 0.185. The summed E-state index contributed by atoms with van der Waals surface area (Å²) in [6.07, 6.45) is 8.35. The fourth-order valence-electron chi connectivity index (χ4n) is 6.62. The van der Waals surface area contributed by atoms with Crippen molar-refractivity contribution >= 4 is 17.8 Å². The van der Waals surface area contributed by atoms with Crippen LogP contribution in [-0.4, -0.2) is 47.4 Å². The summed E-state index contributed by atoms with van der Waals surface area (Å²) in [6, 6.07) is -0.525. The van der Waals surface area contributed by atoms with Crippen LogP contribution in [0.3, 0.4) is 0 Å². The zero-order valence-corrected chi connectivity index (χ0v) is 17.5. The Morgan fingerprint density at radius 1 is 1.04 bits per heavy atom. The highest BCUT2D eigenvalue weighted by molar-refractivity contribution is 5.90. The molecule has 4 bridgehead atoms. The predicted octanol–water partition coefficient (Wildman–Crippen LogP) is 2.65. The first-order valence-corrected chi connectivity index (χ1v) is 10.9. The highest BCUT2D eigenvalue weighted by atomic mass is 16.5. The maximum Gasteiger partial charge on any atom is 0.329 e. The fourth-order valence-corrected chi connectivity index (χ4v) is 6.62. The third-order valence-corrected chi connectivity index (χ3v) is 7.14. The Kier molecular flexibility index (Phi) is 4.95. The number of carbonyl (C=O) groups is 3. The van der Waals surface area contributed by atoms with Crippen LogP contribution >= 0.6 is 0 Å².